The van der Waals surface area contributed by atoms with Gasteiger partial charge in [-0.25, -0.2) is 0 Å². The van der Waals surface area contributed by atoms with E-state index in [0.29, 0.717) is 16.3 Å². The Hall–Kier alpha value is -2.98. The van der Waals surface area contributed by atoms with Gasteiger partial charge in [-0.2, -0.15) is 8.42 Å². The van der Waals surface area contributed by atoms with Crippen LogP contribution >= 0.6 is 35.0 Å². The minimum atomic E-state index is -4.13. The van der Waals surface area contributed by atoms with Crippen LogP contribution in [0.15, 0.2) is 70.5 Å². The normalized spacial score (nSPS) is 14.9. The summed E-state index contributed by atoms with van der Waals surface area (Å²) in [7, 11) is -4.13. The number of carbonyl (C=O) groups excluding carboxylic acids is 2. The minimum Gasteiger partial charge on any atom is -0.491 e. The second kappa shape index (κ2) is 11.2. The molecule has 0 unspecified atom stereocenters. The van der Waals surface area contributed by atoms with Crippen molar-refractivity contribution in [3.05, 3.63) is 92.3 Å². The maximum Gasteiger partial charge on any atom is 0.339 e. The molecule has 3 aromatic carbocycles. The number of nitrogens with zero attached hydrogens (tertiary/aromatic N) is 1. The van der Waals surface area contributed by atoms with Crippen molar-refractivity contribution in [3.63, 3.8) is 0 Å². The van der Waals surface area contributed by atoms with Crippen LogP contribution < -0.4 is 8.92 Å². The van der Waals surface area contributed by atoms with Crippen molar-refractivity contribution < 1.29 is 26.9 Å². The predicted molar refractivity (Wildman–Crippen MR) is 145 cm³/mol. The maximum absolute atomic E-state index is 12.8. The topological polar surface area (TPSA) is 90.0 Å². The highest BCUT2D eigenvalue weighted by Gasteiger charge is 2.35. The smallest absolute Gasteiger partial charge is 0.339 e. The first-order valence-electron chi connectivity index (χ1n) is 11.0. The fraction of sp³-hybridized carbons (Fsp3) is 0.154. The highest BCUT2D eigenvalue weighted by molar-refractivity contribution is 8.18. The molecule has 0 radical (unpaired) electrons. The van der Waals surface area contributed by atoms with Crippen LogP contribution in [0.1, 0.15) is 16.7 Å². The van der Waals surface area contributed by atoms with E-state index >= 15 is 0 Å². The number of imide groups is 1. The van der Waals surface area contributed by atoms with E-state index in [9.17, 15) is 18.0 Å². The maximum atomic E-state index is 12.8. The fourth-order valence-corrected chi connectivity index (χ4v) is 5.61. The molecule has 3 aromatic rings. The molecule has 0 N–H and O–H groups in total. The van der Waals surface area contributed by atoms with E-state index in [2.05, 4.69) is 0 Å². The molecule has 192 valence electrons. The Labute approximate surface area is 229 Å². The summed E-state index contributed by atoms with van der Waals surface area (Å²) >= 11 is 12.9. The van der Waals surface area contributed by atoms with Gasteiger partial charge in [0.2, 0.25) is 0 Å². The van der Waals surface area contributed by atoms with Crippen molar-refractivity contribution >= 4 is 62.3 Å². The number of carbonyl (C=O) groups is 2. The number of aryl methyl sites for hydroxylation is 2. The minimum absolute atomic E-state index is 0.0208. The molecular weight excluding hydrogens is 557 g/mol. The third-order valence-electron chi connectivity index (χ3n) is 5.35. The average Bonchev–Trinajstić information content (AvgIpc) is 3.10. The molecule has 1 aliphatic heterocycles. The van der Waals surface area contributed by atoms with E-state index in [0.717, 1.165) is 27.8 Å². The van der Waals surface area contributed by atoms with Gasteiger partial charge in [-0.3, -0.25) is 14.5 Å². The Morgan fingerprint density at radius 2 is 1.68 bits per heavy atom. The molecule has 1 fully saturated rings. The zero-order valence-corrected chi connectivity index (χ0v) is 22.9. The summed E-state index contributed by atoms with van der Waals surface area (Å²) in [5, 5.41) is 0.00742. The van der Waals surface area contributed by atoms with Gasteiger partial charge >= 0.3 is 10.1 Å². The largest absolute Gasteiger partial charge is 0.491 e. The Morgan fingerprint density at radius 3 is 2.38 bits per heavy atom. The Bertz CT molecular complexity index is 1500. The summed E-state index contributed by atoms with van der Waals surface area (Å²) < 4.78 is 36.0. The molecule has 1 heterocycles. The molecule has 0 aliphatic carbocycles. The molecule has 0 bridgehead atoms. The van der Waals surface area contributed by atoms with Gasteiger partial charge in [-0.15, -0.1) is 0 Å². The molecule has 1 saturated heterocycles. The zero-order valence-electron chi connectivity index (χ0n) is 19.7. The van der Waals surface area contributed by atoms with E-state index in [-0.39, 0.29) is 33.7 Å². The van der Waals surface area contributed by atoms with Gasteiger partial charge in [0.1, 0.15) is 17.3 Å². The first-order chi connectivity index (χ1) is 17.5. The van der Waals surface area contributed by atoms with Gasteiger partial charge in [0.15, 0.2) is 5.75 Å². The number of hydrogen-bond donors (Lipinski definition) is 0. The SMILES string of the molecule is Cc1ccc(C)c(OCCN2C(=O)S/C(=C\c3ccc(OS(=O)(=O)c4ccc(Cl)cc4)c(Cl)c3)C2=O)c1. The Kier molecular flexibility index (Phi) is 8.18. The van der Waals surface area contributed by atoms with Crippen molar-refractivity contribution in [1.82, 2.24) is 4.90 Å². The predicted octanol–water partition coefficient (Wildman–Crippen LogP) is 6.49. The van der Waals surface area contributed by atoms with E-state index in [4.69, 9.17) is 32.1 Å². The van der Waals surface area contributed by atoms with Crippen molar-refractivity contribution in [2.45, 2.75) is 18.7 Å². The van der Waals surface area contributed by atoms with Crippen LogP contribution in [0.2, 0.25) is 10.0 Å². The molecule has 11 heteroatoms. The molecule has 7 nitrogen and oxygen atoms in total. The number of ether oxygens (including phenoxy) is 1. The van der Waals surface area contributed by atoms with E-state index in [1.54, 1.807) is 0 Å². The Morgan fingerprint density at radius 1 is 0.946 bits per heavy atom. The third kappa shape index (κ3) is 6.48. The molecule has 4 rings (SSSR count). The second-order valence-corrected chi connectivity index (χ2v) is 11.5. The van der Waals surface area contributed by atoms with E-state index in [1.807, 2.05) is 32.0 Å². The summed E-state index contributed by atoms with van der Waals surface area (Å²) in [4.78, 5) is 26.5. The van der Waals surface area contributed by atoms with Gasteiger partial charge in [-0.05, 0) is 90.8 Å². The number of thioether (sulfide) groups is 1. The summed E-state index contributed by atoms with van der Waals surface area (Å²) in [5.41, 5.74) is 2.51. The third-order valence-corrected chi connectivity index (χ3v) is 8.05. The summed E-state index contributed by atoms with van der Waals surface area (Å²) in [5.74, 6) is 0.185. The number of benzene rings is 3. The van der Waals surface area contributed by atoms with Gasteiger partial charge in [-0.1, -0.05) is 41.4 Å². The number of amides is 2. The molecular formula is C26H21Cl2NO6S2. The van der Waals surface area contributed by atoms with Crippen LogP contribution in [0.3, 0.4) is 0 Å². The number of halogens is 2. The summed E-state index contributed by atoms with van der Waals surface area (Å²) in [6.45, 7) is 4.14. The van der Waals surface area contributed by atoms with Crippen molar-refractivity contribution in [1.29, 1.82) is 0 Å². The lowest BCUT2D eigenvalue weighted by atomic mass is 10.1. The summed E-state index contributed by atoms with van der Waals surface area (Å²) in [6.07, 6.45) is 1.51. The molecule has 0 atom stereocenters. The van der Waals surface area contributed by atoms with Gasteiger partial charge in [0, 0.05) is 5.02 Å². The van der Waals surface area contributed by atoms with E-state index < -0.39 is 21.3 Å². The molecule has 0 spiro atoms. The molecule has 37 heavy (non-hydrogen) atoms. The fourth-order valence-electron chi connectivity index (χ4n) is 3.40. The lowest BCUT2D eigenvalue weighted by Crippen LogP contribution is -2.32. The lowest BCUT2D eigenvalue weighted by Gasteiger charge is -2.14. The van der Waals surface area contributed by atoms with Crippen LogP contribution in [0, 0.1) is 13.8 Å². The first kappa shape index (κ1) is 27.1. The van der Waals surface area contributed by atoms with Crippen LogP contribution in [0.25, 0.3) is 6.08 Å². The Balaban J connectivity index is 1.42. The van der Waals surface area contributed by atoms with E-state index in [1.165, 1.54) is 48.5 Å². The van der Waals surface area contributed by atoms with Crippen molar-refractivity contribution in [2.24, 2.45) is 0 Å². The second-order valence-electron chi connectivity index (χ2n) is 8.13. The van der Waals surface area contributed by atoms with Crippen LogP contribution in [0.4, 0.5) is 4.79 Å². The number of hydrogen-bond acceptors (Lipinski definition) is 7. The standard InChI is InChI=1S/C26H21Cl2NO6S2/c1-16-3-4-17(2)23(13-16)34-12-11-29-25(30)24(36-26(29)31)15-18-5-10-22(21(28)14-18)35-37(32,33)20-8-6-19(27)7-9-20/h3-10,13-15H,11-12H2,1-2H3/b24-15-. The van der Waals surface area contributed by atoms with Crippen LogP contribution in [0.5, 0.6) is 11.5 Å². The van der Waals surface area contributed by atoms with Crippen molar-refractivity contribution in [2.75, 3.05) is 13.2 Å². The molecule has 0 saturated carbocycles. The highest BCUT2D eigenvalue weighted by atomic mass is 35.5. The van der Waals surface area contributed by atoms with Crippen molar-refractivity contribution in [3.8, 4) is 11.5 Å². The highest BCUT2D eigenvalue weighted by Crippen LogP contribution is 2.34. The van der Waals surface area contributed by atoms with Gasteiger partial charge in [0.05, 0.1) is 16.5 Å². The van der Waals surface area contributed by atoms with Crippen LogP contribution in [-0.4, -0.2) is 37.6 Å². The molecule has 0 aromatic heterocycles. The number of rotatable bonds is 8. The molecule has 1 aliphatic rings. The van der Waals surface area contributed by atoms with Gasteiger partial charge < -0.3 is 8.92 Å². The quantitative estimate of drug-likeness (QED) is 0.223. The lowest BCUT2D eigenvalue weighted by molar-refractivity contribution is -0.123. The average molecular weight is 578 g/mol. The first-order valence-corrected chi connectivity index (χ1v) is 14.0. The zero-order chi connectivity index (χ0) is 26.7. The monoisotopic (exact) mass is 577 g/mol. The summed E-state index contributed by atoms with van der Waals surface area (Å²) in [6, 6.07) is 15.7. The van der Waals surface area contributed by atoms with Gasteiger partial charge in [0.25, 0.3) is 11.1 Å². The van der Waals surface area contributed by atoms with Crippen LogP contribution in [-0.2, 0) is 14.9 Å². The molecule has 2 amide bonds.